The predicted molar refractivity (Wildman–Crippen MR) is 93.6 cm³/mol. The normalized spacial score (nSPS) is 19.5. The van der Waals surface area contributed by atoms with Crippen molar-refractivity contribution in [3.05, 3.63) is 58.5 Å². The van der Waals surface area contributed by atoms with E-state index < -0.39 is 4.92 Å². The lowest BCUT2D eigenvalue weighted by molar-refractivity contribution is -0.384. The van der Waals surface area contributed by atoms with Gasteiger partial charge in [-0.3, -0.25) is 19.9 Å². The molecule has 1 fully saturated rings. The Morgan fingerprint density at radius 3 is 2.54 bits per heavy atom. The van der Waals surface area contributed by atoms with Gasteiger partial charge in [0.25, 0.3) is 5.69 Å². The maximum Gasteiger partial charge on any atom is 0.269 e. The smallest absolute Gasteiger partial charge is 0.269 e. The molecule has 0 radical (unpaired) electrons. The van der Waals surface area contributed by atoms with E-state index in [1.54, 1.807) is 30.7 Å². The van der Waals surface area contributed by atoms with E-state index in [1.807, 2.05) is 0 Å². The number of hydrogen-bond acceptors (Lipinski definition) is 6. The quantitative estimate of drug-likeness (QED) is 0.629. The summed E-state index contributed by atoms with van der Waals surface area (Å²) in [6, 6.07) is 6.18. The zero-order valence-electron chi connectivity index (χ0n) is 14.2. The van der Waals surface area contributed by atoms with Crippen molar-refractivity contribution in [3.8, 4) is 5.88 Å². The minimum atomic E-state index is -0.453. The molecule has 1 heterocycles. The van der Waals surface area contributed by atoms with Crippen LogP contribution >= 0.6 is 0 Å². The first-order valence-electron chi connectivity index (χ1n) is 8.55. The number of nitrogens with one attached hydrogen (secondary N) is 1. The molecule has 2 aromatic rings. The van der Waals surface area contributed by atoms with Crippen LogP contribution in [-0.4, -0.2) is 32.9 Å². The molecule has 1 saturated carbocycles. The number of ether oxygens (including phenoxy) is 1. The van der Waals surface area contributed by atoms with E-state index in [9.17, 15) is 14.9 Å². The van der Waals surface area contributed by atoms with Crippen molar-refractivity contribution in [1.29, 1.82) is 0 Å². The van der Waals surface area contributed by atoms with Crippen LogP contribution in [0.3, 0.4) is 0 Å². The molecule has 1 aliphatic rings. The maximum atomic E-state index is 12.2. The van der Waals surface area contributed by atoms with Gasteiger partial charge in [-0.25, -0.2) is 4.98 Å². The molecule has 1 N–H and O–H groups in total. The Hall–Kier alpha value is -3.03. The third-order valence-electron chi connectivity index (χ3n) is 4.38. The Balaban J connectivity index is 1.42. The number of amides is 1. The predicted octanol–water partition coefficient (Wildman–Crippen LogP) is 2.43. The Bertz CT molecular complexity index is 744. The van der Waals surface area contributed by atoms with Gasteiger partial charge in [0.1, 0.15) is 6.10 Å². The van der Waals surface area contributed by atoms with Gasteiger partial charge in [0.2, 0.25) is 11.8 Å². The highest BCUT2D eigenvalue weighted by Crippen LogP contribution is 2.22. The number of non-ortho nitro benzene ring substituents is 1. The number of carbonyl (C=O) groups is 1. The Morgan fingerprint density at radius 1 is 1.19 bits per heavy atom. The van der Waals surface area contributed by atoms with Gasteiger partial charge in [-0.2, -0.15) is 0 Å². The average molecular weight is 356 g/mol. The van der Waals surface area contributed by atoms with Gasteiger partial charge in [-0.15, -0.1) is 0 Å². The maximum absolute atomic E-state index is 12.2. The zero-order chi connectivity index (χ0) is 18.4. The van der Waals surface area contributed by atoms with Crippen molar-refractivity contribution in [2.45, 2.75) is 44.2 Å². The zero-order valence-corrected chi connectivity index (χ0v) is 14.2. The second-order valence-corrected chi connectivity index (χ2v) is 6.30. The first kappa shape index (κ1) is 17.8. The van der Waals surface area contributed by atoms with E-state index in [2.05, 4.69) is 15.3 Å². The monoisotopic (exact) mass is 356 g/mol. The van der Waals surface area contributed by atoms with Crippen LogP contribution in [0.4, 0.5) is 5.69 Å². The SMILES string of the molecule is O=C(Cc1ccc([N+](=O)[O-])cc1)NC1CCC(Oc2cnccn2)CC1. The molecule has 1 aromatic heterocycles. The van der Waals surface area contributed by atoms with E-state index in [0.29, 0.717) is 5.88 Å². The summed E-state index contributed by atoms with van der Waals surface area (Å²) in [5.41, 5.74) is 0.781. The highest BCUT2D eigenvalue weighted by atomic mass is 16.6. The summed E-state index contributed by atoms with van der Waals surface area (Å²) in [7, 11) is 0. The van der Waals surface area contributed by atoms with Crippen LogP contribution in [0.2, 0.25) is 0 Å². The average Bonchev–Trinajstić information content (AvgIpc) is 2.64. The molecule has 8 heteroatoms. The lowest BCUT2D eigenvalue weighted by atomic mass is 9.92. The van der Waals surface area contributed by atoms with Crippen molar-refractivity contribution >= 4 is 11.6 Å². The van der Waals surface area contributed by atoms with Crippen molar-refractivity contribution in [2.75, 3.05) is 0 Å². The summed E-state index contributed by atoms with van der Waals surface area (Å²) >= 11 is 0. The number of rotatable bonds is 6. The lowest BCUT2D eigenvalue weighted by Gasteiger charge is -2.29. The second kappa shape index (κ2) is 8.37. The van der Waals surface area contributed by atoms with Gasteiger partial charge in [0.15, 0.2) is 0 Å². The fourth-order valence-corrected chi connectivity index (χ4v) is 3.04. The fourth-order valence-electron chi connectivity index (χ4n) is 3.04. The van der Waals surface area contributed by atoms with E-state index in [4.69, 9.17) is 4.74 Å². The third-order valence-corrected chi connectivity index (χ3v) is 4.38. The Morgan fingerprint density at radius 2 is 1.92 bits per heavy atom. The lowest BCUT2D eigenvalue weighted by Crippen LogP contribution is -2.40. The van der Waals surface area contributed by atoms with Crippen molar-refractivity contribution in [3.63, 3.8) is 0 Å². The molecule has 1 aromatic carbocycles. The molecule has 0 atom stereocenters. The van der Waals surface area contributed by atoms with Gasteiger partial charge in [-0.05, 0) is 31.2 Å². The van der Waals surface area contributed by atoms with Crippen LogP contribution in [0.15, 0.2) is 42.9 Å². The third kappa shape index (κ3) is 4.98. The van der Waals surface area contributed by atoms with Gasteiger partial charge >= 0.3 is 0 Å². The summed E-state index contributed by atoms with van der Waals surface area (Å²) in [6.07, 6.45) is 8.48. The number of aromatic nitrogens is 2. The highest BCUT2D eigenvalue weighted by molar-refractivity contribution is 5.78. The van der Waals surface area contributed by atoms with E-state index in [0.717, 1.165) is 31.2 Å². The first-order valence-corrected chi connectivity index (χ1v) is 8.55. The van der Waals surface area contributed by atoms with Crippen molar-refractivity contribution in [2.24, 2.45) is 0 Å². The number of hydrogen-bond donors (Lipinski definition) is 1. The van der Waals surface area contributed by atoms with Crippen LogP contribution in [0.25, 0.3) is 0 Å². The summed E-state index contributed by atoms with van der Waals surface area (Å²) < 4.78 is 5.79. The minimum absolute atomic E-state index is 0.0237. The number of nitrogens with zero attached hydrogens (tertiary/aromatic N) is 3. The molecule has 1 aliphatic carbocycles. The second-order valence-electron chi connectivity index (χ2n) is 6.30. The van der Waals surface area contributed by atoms with Gasteiger partial charge in [0, 0.05) is 30.6 Å². The molecule has 0 unspecified atom stereocenters. The summed E-state index contributed by atoms with van der Waals surface area (Å²) in [5, 5.41) is 13.7. The molecular weight excluding hydrogens is 336 g/mol. The Kier molecular flexibility index (Phi) is 5.73. The summed E-state index contributed by atoms with van der Waals surface area (Å²) in [5.74, 6) is 0.454. The van der Waals surface area contributed by atoms with Crippen LogP contribution in [0.1, 0.15) is 31.2 Å². The van der Waals surface area contributed by atoms with Crippen LogP contribution in [0, 0.1) is 10.1 Å². The highest BCUT2D eigenvalue weighted by Gasteiger charge is 2.24. The number of nitro groups is 1. The van der Waals surface area contributed by atoms with Crippen LogP contribution < -0.4 is 10.1 Å². The molecule has 8 nitrogen and oxygen atoms in total. The van der Waals surface area contributed by atoms with Gasteiger partial charge in [0.05, 0.1) is 17.5 Å². The van der Waals surface area contributed by atoms with E-state index >= 15 is 0 Å². The molecule has 0 saturated heterocycles. The summed E-state index contributed by atoms with van der Waals surface area (Å²) in [6.45, 7) is 0. The standard InChI is InChI=1S/C18H20N4O4/c23-17(11-13-1-5-15(6-2-13)22(24)25)21-14-3-7-16(8-4-14)26-18-12-19-9-10-20-18/h1-2,5-6,9-10,12,14,16H,3-4,7-8,11H2,(H,21,23). The summed E-state index contributed by atoms with van der Waals surface area (Å²) in [4.78, 5) is 30.5. The molecule has 0 spiro atoms. The van der Waals surface area contributed by atoms with Crippen molar-refractivity contribution < 1.29 is 14.5 Å². The first-order chi connectivity index (χ1) is 12.6. The number of benzene rings is 1. The van der Waals surface area contributed by atoms with Gasteiger partial charge < -0.3 is 10.1 Å². The van der Waals surface area contributed by atoms with E-state index in [1.165, 1.54) is 12.1 Å². The number of nitro benzene ring substituents is 1. The topological polar surface area (TPSA) is 107 Å². The molecule has 136 valence electrons. The molecular formula is C18H20N4O4. The van der Waals surface area contributed by atoms with Gasteiger partial charge in [-0.1, -0.05) is 12.1 Å². The van der Waals surface area contributed by atoms with E-state index in [-0.39, 0.29) is 30.2 Å². The molecule has 26 heavy (non-hydrogen) atoms. The molecule has 3 rings (SSSR count). The van der Waals surface area contributed by atoms with Crippen molar-refractivity contribution in [1.82, 2.24) is 15.3 Å². The number of carbonyl (C=O) groups excluding carboxylic acids is 1. The van der Waals surface area contributed by atoms with Crippen LogP contribution in [0.5, 0.6) is 5.88 Å². The fraction of sp³-hybridized carbons (Fsp3) is 0.389. The molecule has 0 bridgehead atoms. The molecule has 0 aliphatic heterocycles. The Labute approximate surface area is 150 Å². The largest absolute Gasteiger partial charge is 0.473 e. The minimum Gasteiger partial charge on any atom is -0.473 e. The molecule has 1 amide bonds. The van der Waals surface area contributed by atoms with Crippen LogP contribution in [-0.2, 0) is 11.2 Å².